The molecule has 0 saturated carbocycles. The van der Waals surface area contributed by atoms with Crippen molar-refractivity contribution in [3.8, 4) is 5.75 Å². The number of hydrogen-bond acceptors (Lipinski definition) is 3. The molecule has 1 fully saturated rings. The second-order valence-corrected chi connectivity index (χ2v) is 6.25. The van der Waals surface area contributed by atoms with Crippen LogP contribution in [0.3, 0.4) is 0 Å². The van der Waals surface area contributed by atoms with E-state index in [2.05, 4.69) is 13.8 Å². The first-order valence-electron chi connectivity index (χ1n) is 7.75. The highest BCUT2D eigenvalue weighted by Gasteiger charge is 2.34. The number of phenolic OH excluding ortho intramolecular Hbond substituents is 1. The van der Waals surface area contributed by atoms with E-state index in [1.165, 1.54) is 0 Å². The van der Waals surface area contributed by atoms with E-state index in [-0.39, 0.29) is 24.0 Å². The number of benzene rings is 1. The monoisotopic (exact) mass is 304 g/mol. The van der Waals surface area contributed by atoms with Crippen molar-refractivity contribution in [3.05, 3.63) is 29.8 Å². The molecule has 1 saturated heterocycles. The molecule has 5 nitrogen and oxygen atoms in total. The van der Waals surface area contributed by atoms with E-state index in [0.717, 1.165) is 6.54 Å². The molecule has 0 spiro atoms. The molecule has 1 aliphatic rings. The molecule has 1 N–H and O–H groups in total. The zero-order chi connectivity index (χ0) is 16.3. The van der Waals surface area contributed by atoms with Gasteiger partial charge in [-0.1, -0.05) is 32.0 Å². The number of carbonyl (C=O) groups is 2. The van der Waals surface area contributed by atoms with Gasteiger partial charge in [0.2, 0.25) is 11.8 Å². The molecule has 2 amide bonds. The third-order valence-corrected chi connectivity index (χ3v) is 3.99. The lowest BCUT2D eigenvalue weighted by Gasteiger charge is -2.39. The quantitative estimate of drug-likeness (QED) is 0.920. The van der Waals surface area contributed by atoms with Gasteiger partial charge < -0.3 is 14.9 Å². The molecule has 5 heteroatoms. The normalized spacial score (nSPS) is 18.9. The number of rotatable bonds is 4. The van der Waals surface area contributed by atoms with Crippen LogP contribution in [0.25, 0.3) is 0 Å². The predicted octanol–water partition coefficient (Wildman–Crippen LogP) is 1.65. The zero-order valence-electron chi connectivity index (χ0n) is 13.5. The van der Waals surface area contributed by atoms with Gasteiger partial charge >= 0.3 is 0 Å². The minimum absolute atomic E-state index is 0.00517. The van der Waals surface area contributed by atoms with Crippen LogP contribution < -0.4 is 0 Å². The zero-order valence-corrected chi connectivity index (χ0v) is 13.5. The van der Waals surface area contributed by atoms with Gasteiger partial charge in [0.25, 0.3) is 0 Å². The molecule has 1 heterocycles. The van der Waals surface area contributed by atoms with Gasteiger partial charge in [0, 0.05) is 25.2 Å². The largest absolute Gasteiger partial charge is 0.508 e. The van der Waals surface area contributed by atoms with E-state index >= 15 is 0 Å². The first-order valence-corrected chi connectivity index (χ1v) is 7.75. The summed E-state index contributed by atoms with van der Waals surface area (Å²) in [5.41, 5.74) is 0.594. The highest BCUT2D eigenvalue weighted by Crippen LogP contribution is 2.19. The Kier molecular flexibility index (Phi) is 5.06. The second-order valence-electron chi connectivity index (χ2n) is 6.25. The Morgan fingerprint density at radius 3 is 2.64 bits per heavy atom. The first kappa shape index (κ1) is 16.3. The van der Waals surface area contributed by atoms with Crippen molar-refractivity contribution in [1.29, 1.82) is 0 Å². The lowest BCUT2D eigenvalue weighted by atomic mass is 10.1. The molecule has 2 rings (SSSR count). The number of para-hydroxylation sites is 1. The van der Waals surface area contributed by atoms with Gasteiger partial charge in [0.1, 0.15) is 11.8 Å². The summed E-state index contributed by atoms with van der Waals surface area (Å²) in [7, 11) is 0. The van der Waals surface area contributed by atoms with Gasteiger partial charge in [0.05, 0.1) is 6.42 Å². The van der Waals surface area contributed by atoms with Gasteiger partial charge in [-0.05, 0) is 18.9 Å². The highest BCUT2D eigenvalue weighted by molar-refractivity contribution is 5.89. The summed E-state index contributed by atoms with van der Waals surface area (Å²) in [4.78, 5) is 28.3. The summed E-state index contributed by atoms with van der Waals surface area (Å²) in [6.07, 6.45) is 0.120. The number of amides is 2. The van der Waals surface area contributed by atoms with E-state index in [1.807, 2.05) is 4.90 Å². The van der Waals surface area contributed by atoms with Crippen molar-refractivity contribution in [3.63, 3.8) is 0 Å². The van der Waals surface area contributed by atoms with Crippen molar-refractivity contribution in [1.82, 2.24) is 9.80 Å². The van der Waals surface area contributed by atoms with Crippen LogP contribution in [0.1, 0.15) is 26.3 Å². The fourth-order valence-electron chi connectivity index (χ4n) is 2.82. The van der Waals surface area contributed by atoms with Crippen LogP contribution in [0.4, 0.5) is 0 Å². The fourth-order valence-corrected chi connectivity index (χ4v) is 2.82. The van der Waals surface area contributed by atoms with Crippen LogP contribution in [-0.4, -0.2) is 52.4 Å². The van der Waals surface area contributed by atoms with E-state index in [0.29, 0.717) is 24.6 Å². The second kappa shape index (κ2) is 6.81. The maximum absolute atomic E-state index is 12.4. The molecule has 0 bridgehead atoms. The third-order valence-electron chi connectivity index (χ3n) is 3.99. The molecule has 0 aliphatic carbocycles. The maximum Gasteiger partial charge on any atom is 0.245 e. The number of carbonyl (C=O) groups excluding carboxylic acids is 2. The van der Waals surface area contributed by atoms with E-state index in [4.69, 9.17) is 0 Å². The average molecular weight is 304 g/mol. The molecule has 0 unspecified atom stereocenters. The summed E-state index contributed by atoms with van der Waals surface area (Å²) in [5, 5.41) is 9.77. The summed E-state index contributed by atoms with van der Waals surface area (Å²) >= 11 is 0. The van der Waals surface area contributed by atoms with Crippen LogP contribution in [0, 0.1) is 5.92 Å². The van der Waals surface area contributed by atoms with Crippen LogP contribution in [0.5, 0.6) is 5.75 Å². The molecule has 0 radical (unpaired) electrons. The average Bonchev–Trinajstić information content (AvgIpc) is 2.46. The molecule has 22 heavy (non-hydrogen) atoms. The first-order chi connectivity index (χ1) is 10.4. The van der Waals surface area contributed by atoms with Gasteiger partial charge in [0.15, 0.2) is 0 Å². The van der Waals surface area contributed by atoms with Crippen LogP contribution >= 0.6 is 0 Å². The van der Waals surface area contributed by atoms with Gasteiger partial charge in [-0.25, -0.2) is 0 Å². The Morgan fingerprint density at radius 2 is 2.00 bits per heavy atom. The number of hydrogen-bond donors (Lipinski definition) is 1. The van der Waals surface area contributed by atoms with Crippen LogP contribution in [0.2, 0.25) is 0 Å². The lowest BCUT2D eigenvalue weighted by Crippen LogP contribution is -2.58. The van der Waals surface area contributed by atoms with Gasteiger partial charge in [-0.3, -0.25) is 9.59 Å². The standard InChI is InChI=1S/C17H24N2O3/c1-12(2)11-18-8-9-19(13(3)17(18)22)16(21)10-14-6-4-5-7-15(14)20/h4-7,12-13,20H,8-11H2,1-3H3/t13-/m0/s1. The van der Waals surface area contributed by atoms with E-state index < -0.39 is 6.04 Å². The van der Waals surface area contributed by atoms with E-state index in [9.17, 15) is 14.7 Å². The Labute approximate surface area is 131 Å². The predicted molar refractivity (Wildman–Crippen MR) is 84.4 cm³/mol. The molecule has 120 valence electrons. The molecule has 1 atom stereocenters. The van der Waals surface area contributed by atoms with Crippen LogP contribution in [0.15, 0.2) is 24.3 Å². The Balaban J connectivity index is 2.03. The summed E-state index contributed by atoms with van der Waals surface area (Å²) in [6, 6.07) is 6.37. The van der Waals surface area contributed by atoms with E-state index in [1.54, 1.807) is 36.1 Å². The molecule has 1 aliphatic heterocycles. The Bertz CT molecular complexity index is 557. The SMILES string of the molecule is CC(C)CN1CCN(C(=O)Cc2ccccc2O)[C@@H](C)C1=O. The summed E-state index contributed by atoms with van der Waals surface area (Å²) in [5.74, 6) is 0.421. The van der Waals surface area contributed by atoms with Gasteiger partial charge in [-0.2, -0.15) is 0 Å². The van der Waals surface area contributed by atoms with Gasteiger partial charge in [-0.15, -0.1) is 0 Å². The number of phenols is 1. The fraction of sp³-hybridized carbons (Fsp3) is 0.529. The molecule has 1 aromatic carbocycles. The third kappa shape index (κ3) is 3.59. The lowest BCUT2D eigenvalue weighted by molar-refractivity contribution is -0.150. The number of nitrogens with zero attached hydrogens (tertiary/aromatic N) is 2. The topological polar surface area (TPSA) is 60.9 Å². The smallest absolute Gasteiger partial charge is 0.245 e. The van der Waals surface area contributed by atoms with Crippen molar-refractivity contribution in [2.24, 2.45) is 5.92 Å². The van der Waals surface area contributed by atoms with Crippen molar-refractivity contribution >= 4 is 11.8 Å². The van der Waals surface area contributed by atoms with Crippen molar-refractivity contribution in [2.45, 2.75) is 33.2 Å². The summed E-state index contributed by atoms with van der Waals surface area (Å²) in [6.45, 7) is 7.78. The Hall–Kier alpha value is -2.04. The van der Waals surface area contributed by atoms with Crippen molar-refractivity contribution < 1.29 is 14.7 Å². The molecule has 1 aromatic rings. The molecule has 0 aromatic heterocycles. The number of aromatic hydroxyl groups is 1. The molecular formula is C17H24N2O3. The highest BCUT2D eigenvalue weighted by atomic mass is 16.3. The minimum Gasteiger partial charge on any atom is -0.508 e. The minimum atomic E-state index is -0.439. The number of piperazine rings is 1. The summed E-state index contributed by atoms with van der Waals surface area (Å²) < 4.78 is 0. The maximum atomic E-state index is 12.4. The molecular weight excluding hydrogens is 280 g/mol. The Morgan fingerprint density at radius 1 is 1.32 bits per heavy atom. The van der Waals surface area contributed by atoms with Crippen LogP contribution in [-0.2, 0) is 16.0 Å². The van der Waals surface area contributed by atoms with Crippen molar-refractivity contribution in [2.75, 3.05) is 19.6 Å².